The van der Waals surface area contributed by atoms with Gasteiger partial charge in [-0.15, -0.1) is 0 Å². The van der Waals surface area contributed by atoms with Gasteiger partial charge >= 0.3 is 0 Å². The Morgan fingerprint density at radius 1 is 1.37 bits per heavy atom. The van der Waals surface area contributed by atoms with E-state index in [2.05, 4.69) is 23.9 Å². The van der Waals surface area contributed by atoms with Crippen LogP contribution in [0, 0.1) is 6.92 Å². The summed E-state index contributed by atoms with van der Waals surface area (Å²) >= 11 is 6.18. The van der Waals surface area contributed by atoms with Gasteiger partial charge in [0.2, 0.25) is 0 Å². The van der Waals surface area contributed by atoms with Crippen LogP contribution in [-0.2, 0) is 6.42 Å². The van der Waals surface area contributed by atoms with Gasteiger partial charge in [0.1, 0.15) is 5.82 Å². The Hall–Kier alpha value is -1.39. The van der Waals surface area contributed by atoms with Gasteiger partial charge in [0, 0.05) is 17.4 Å². The molecule has 4 nitrogen and oxygen atoms in total. The fraction of sp³-hybridized carbons (Fsp3) is 0.429. The van der Waals surface area contributed by atoms with Crippen LogP contribution < -0.4 is 5.73 Å². The zero-order valence-electron chi connectivity index (χ0n) is 11.5. The van der Waals surface area contributed by atoms with Crippen LogP contribution in [0.1, 0.15) is 37.0 Å². The molecule has 0 saturated carbocycles. The van der Waals surface area contributed by atoms with E-state index in [1.54, 1.807) is 0 Å². The van der Waals surface area contributed by atoms with Gasteiger partial charge < -0.3 is 5.73 Å². The van der Waals surface area contributed by atoms with Crippen LogP contribution >= 0.6 is 11.6 Å². The van der Waals surface area contributed by atoms with Crippen LogP contribution in [0.4, 0.5) is 0 Å². The monoisotopic (exact) mass is 278 g/mol. The number of nitrogens with zero attached hydrogens (tertiary/aromatic N) is 3. The van der Waals surface area contributed by atoms with E-state index in [4.69, 9.17) is 17.3 Å². The number of nitrogens with two attached hydrogens (primary N) is 1. The predicted octanol–water partition coefficient (Wildman–Crippen LogP) is 2.85. The maximum Gasteiger partial charge on any atom is 0.152 e. The van der Waals surface area contributed by atoms with Crippen molar-refractivity contribution >= 4 is 11.6 Å². The molecule has 0 amide bonds. The third-order valence-corrected chi connectivity index (χ3v) is 3.44. The van der Waals surface area contributed by atoms with E-state index in [9.17, 15) is 0 Å². The molecule has 2 N–H and O–H groups in total. The number of benzene rings is 1. The molecule has 0 bridgehead atoms. The first-order valence-electron chi connectivity index (χ1n) is 6.46. The Bertz CT molecular complexity index is 575. The lowest BCUT2D eigenvalue weighted by molar-refractivity contribution is 0.710. The Balaban J connectivity index is 2.56. The van der Waals surface area contributed by atoms with Crippen LogP contribution in [0.3, 0.4) is 0 Å². The Labute approximate surface area is 118 Å². The number of rotatable bonds is 4. The van der Waals surface area contributed by atoms with Crippen molar-refractivity contribution in [1.82, 2.24) is 14.8 Å². The maximum absolute atomic E-state index is 6.18. The van der Waals surface area contributed by atoms with Crippen LogP contribution in [-0.4, -0.2) is 21.3 Å². The molecule has 5 heteroatoms. The number of halogens is 1. The van der Waals surface area contributed by atoms with E-state index in [-0.39, 0.29) is 5.92 Å². The highest BCUT2D eigenvalue weighted by atomic mass is 35.5. The molecule has 1 heterocycles. The van der Waals surface area contributed by atoms with Gasteiger partial charge in [-0.05, 0) is 31.2 Å². The molecule has 0 radical (unpaired) electrons. The topological polar surface area (TPSA) is 56.7 Å². The van der Waals surface area contributed by atoms with E-state index in [0.717, 1.165) is 27.9 Å². The third-order valence-electron chi connectivity index (χ3n) is 3.03. The quantitative estimate of drug-likeness (QED) is 0.936. The standard InChI is InChI=1S/C14H19ClN4/c1-9(2)14-17-13(7-8-16)18-19(14)12-6-4-5-11(15)10(12)3/h4-6,9H,7-8,16H2,1-3H3. The summed E-state index contributed by atoms with van der Waals surface area (Å²) in [4.78, 5) is 4.58. The van der Waals surface area contributed by atoms with E-state index >= 15 is 0 Å². The summed E-state index contributed by atoms with van der Waals surface area (Å²) in [6, 6.07) is 5.82. The summed E-state index contributed by atoms with van der Waals surface area (Å²) in [6.45, 7) is 6.75. The number of hydrogen-bond donors (Lipinski definition) is 1. The molecule has 0 aliphatic carbocycles. The molecule has 0 spiro atoms. The van der Waals surface area contributed by atoms with Crippen molar-refractivity contribution in [3.05, 3.63) is 40.4 Å². The Morgan fingerprint density at radius 3 is 2.74 bits per heavy atom. The molecule has 2 rings (SSSR count). The molecule has 19 heavy (non-hydrogen) atoms. The predicted molar refractivity (Wildman–Crippen MR) is 78.0 cm³/mol. The second-order valence-corrected chi connectivity index (χ2v) is 5.28. The zero-order valence-corrected chi connectivity index (χ0v) is 12.3. The molecule has 0 atom stereocenters. The molecule has 2 aromatic rings. The van der Waals surface area contributed by atoms with Gasteiger partial charge in [-0.2, -0.15) is 5.10 Å². The van der Waals surface area contributed by atoms with Crippen molar-refractivity contribution in [2.45, 2.75) is 33.1 Å². The van der Waals surface area contributed by atoms with Crippen LogP contribution in [0.5, 0.6) is 0 Å². The third kappa shape index (κ3) is 2.80. The van der Waals surface area contributed by atoms with E-state index in [1.807, 2.05) is 29.8 Å². The van der Waals surface area contributed by atoms with Crippen LogP contribution in [0.25, 0.3) is 5.69 Å². The maximum atomic E-state index is 6.18. The van der Waals surface area contributed by atoms with E-state index in [1.165, 1.54) is 0 Å². The highest BCUT2D eigenvalue weighted by Gasteiger charge is 2.16. The second kappa shape index (κ2) is 5.72. The summed E-state index contributed by atoms with van der Waals surface area (Å²) < 4.78 is 1.89. The molecular formula is C14H19ClN4. The van der Waals surface area contributed by atoms with Gasteiger partial charge in [0.25, 0.3) is 0 Å². The Kier molecular flexibility index (Phi) is 4.22. The smallest absolute Gasteiger partial charge is 0.152 e. The van der Waals surface area contributed by atoms with Crippen molar-refractivity contribution in [1.29, 1.82) is 0 Å². The first-order chi connectivity index (χ1) is 9.04. The molecule has 0 saturated heterocycles. The lowest BCUT2D eigenvalue weighted by Gasteiger charge is -2.11. The SMILES string of the molecule is Cc1c(Cl)cccc1-n1nc(CCN)nc1C(C)C. The lowest BCUT2D eigenvalue weighted by Crippen LogP contribution is -2.07. The van der Waals surface area contributed by atoms with Crippen LogP contribution in [0.15, 0.2) is 18.2 Å². The second-order valence-electron chi connectivity index (χ2n) is 4.88. The van der Waals surface area contributed by atoms with Gasteiger partial charge in [-0.1, -0.05) is 31.5 Å². The summed E-state index contributed by atoms with van der Waals surface area (Å²) in [7, 11) is 0. The summed E-state index contributed by atoms with van der Waals surface area (Å²) in [5.74, 6) is 2.01. The summed E-state index contributed by atoms with van der Waals surface area (Å²) in [5, 5.41) is 5.30. The molecular weight excluding hydrogens is 260 g/mol. The summed E-state index contributed by atoms with van der Waals surface area (Å²) in [6.07, 6.45) is 0.687. The van der Waals surface area contributed by atoms with Gasteiger partial charge in [-0.25, -0.2) is 9.67 Å². The first kappa shape index (κ1) is 14.0. The lowest BCUT2D eigenvalue weighted by atomic mass is 10.1. The minimum absolute atomic E-state index is 0.289. The van der Waals surface area contributed by atoms with Gasteiger partial charge in [0.05, 0.1) is 5.69 Å². The number of aromatic nitrogens is 3. The van der Waals surface area contributed by atoms with Crippen molar-refractivity contribution in [2.75, 3.05) is 6.54 Å². The molecule has 0 aliphatic rings. The van der Waals surface area contributed by atoms with Crippen molar-refractivity contribution in [2.24, 2.45) is 5.73 Å². The largest absolute Gasteiger partial charge is 0.330 e. The molecule has 102 valence electrons. The Morgan fingerprint density at radius 2 is 2.11 bits per heavy atom. The highest BCUT2D eigenvalue weighted by Crippen LogP contribution is 2.24. The zero-order chi connectivity index (χ0) is 14.0. The highest BCUT2D eigenvalue weighted by molar-refractivity contribution is 6.31. The normalized spacial score (nSPS) is 11.3. The minimum atomic E-state index is 0.289. The van der Waals surface area contributed by atoms with Gasteiger partial charge in [0.15, 0.2) is 5.82 Å². The molecule has 0 aliphatic heterocycles. The molecule has 1 aromatic heterocycles. The van der Waals surface area contributed by atoms with Crippen molar-refractivity contribution in [3.63, 3.8) is 0 Å². The molecule has 1 aromatic carbocycles. The van der Waals surface area contributed by atoms with Crippen molar-refractivity contribution in [3.8, 4) is 5.69 Å². The van der Waals surface area contributed by atoms with Crippen LogP contribution in [0.2, 0.25) is 5.02 Å². The fourth-order valence-electron chi connectivity index (χ4n) is 1.98. The van der Waals surface area contributed by atoms with E-state index in [0.29, 0.717) is 13.0 Å². The fourth-order valence-corrected chi connectivity index (χ4v) is 2.15. The number of hydrogen-bond acceptors (Lipinski definition) is 3. The van der Waals surface area contributed by atoms with Crippen molar-refractivity contribution < 1.29 is 0 Å². The average Bonchev–Trinajstić information content (AvgIpc) is 2.77. The average molecular weight is 279 g/mol. The minimum Gasteiger partial charge on any atom is -0.330 e. The molecule has 0 unspecified atom stereocenters. The molecule has 0 fully saturated rings. The van der Waals surface area contributed by atoms with Gasteiger partial charge in [-0.3, -0.25) is 0 Å². The van der Waals surface area contributed by atoms with E-state index < -0.39 is 0 Å². The first-order valence-corrected chi connectivity index (χ1v) is 6.83. The summed E-state index contributed by atoms with van der Waals surface area (Å²) in [5.41, 5.74) is 7.57.